The number of amides is 1. The molecule has 0 radical (unpaired) electrons. The van der Waals surface area contributed by atoms with E-state index >= 15 is 0 Å². The molecule has 22 heavy (non-hydrogen) atoms. The summed E-state index contributed by atoms with van der Waals surface area (Å²) in [5.74, 6) is -0.359. The monoisotopic (exact) mass is 308 g/mol. The molecule has 2 aliphatic heterocycles. The van der Waals surface area contributed by atoms with Crippen LogP contribution in [-0.2, 0) is 14.3 Å². The number of ether oxygens (including phenoxy) is 2. The molecule has 0 saturated carbocycles. The number of halogens is 1. The highest BCUT2D eigenvalue weighted by atomic mass is 19.1. The van der Waals surface area contributed by atoms with Crippen molar-refractivity contribution in [2.45, 2.75) is 25.0 Å². The molecule has 0 aromatic heterocycles. The van der Waals surface area contributed by atoms with Crippen LogP contribution in [0.4, 0.5) is 10.1 Å². The van der Waals surface area contributed by atoms with Crippen LogP contribution >= 0.6 is 0 Å². The van der Waals surface area contributed by atoms with E-state index in [0.717, 1.165) is 25.1 Å². The Hall–Kier alpha value is -1.66. The summed E-state index contributed by atoms with van der Waals surface area (Å²) in [5.41, 5.74) is 0.858. The van der Waals surface area contributed by atoms with Crippen molar-refractivity contribution in [1.29, 1.82) is 0 Å². The first-order valence-electron chi connectivity index (χ1n) is 7.72. The largest absolute Gasteiger partial charge is 0.376 e. The van der Waals surface area contributed by atoms with Crippen LogP contribution in [0.1, 0.15) is 12.8 Å². The summed E-state index contributed by atoms with van der Waals surface area (Å²) < 4.78 is 24.0. The van der Waals surface area contributed by atoms with E-state index in [1.165, 1.54) is 12.1 Å². The van der Waals surface area contributed by atoms with E-state index in [-0.39, 0.29) is 17.8 Å². The van der Waals surface area contributed by atoms with E-state index in [0.29, 0.717) is 26.4 Å². The predicted molar refractivity (Wildman–Crippen MR) is 80.3 cm³/mol. The highest BCUT2D eigenvalue weighted by Gasteiger charge is 2.27. The van der Waals surface area contributed by atoms with Crippen LogP contribution in [0.5, 0.6) is 0 Å². The second kappa shape index (κ2) is 7.07. The average Bonchev–Trinajstić information content (AvgIpc) is 2.56. The molecular weight excluding hydrogens is 287 g/mol. The first-order valence-corrected chi connectivity index (χ1v) is 7.72. The van der Waals surface area contributed by atoms with Crippen molar-refractivity contribution in [3.63, 3.8) is 0 Å². The highest BCUT2D eigenvalue weighted by Crippen LogP contribution is 2.21. The van der Waals surface area contributed by atoms with Crippen LogP contribution in [0.2, 0.25) is 0 Å². The number of hydrogen-bond acceptors (Lipinski definition) is 4. The molecule has 1 amide bonds. The molecule has 2 saturated heterocycles. The van der Waals surface area contributed by atoms with E-state index in [1.807, 2.05) is 6.07 Å². The lowest BCUT2D eigenvalue weighted by Crippen LogP contribution is -2.52. The Bertz CT molecular complexity index is 520. The zero-order chi connectivity index (χ0) is 15.4. The van der Waals surface area contributed by atoms with Gasteiger partial charge >= 0.3 is 0 Å². The Balaban J connectivity index is 1.57. The first kappa shape index (κ1) is 15.2. The molecule has 3 rings (SSSR count). The lowest BCUT2D eigenvalue weighted by molar-refractivity contribution is -0.148. The number of carbonyl (C=O) groups excluding carboxylic acids is 1. The average molecular weight is 308 g/mol. The van der Waals surface area contributed by atoms with Crippen molar-refractivity contribution >= 4 is 11.6 Å². The standard InChI is InChI=1S/C16H21FN2O3/c17-12-3-1-5-14(9-12)19-6-2-4-13(10-19)18-16(20)15-11-21-7-8-22-15/h1,3,5,9,13,15H,2,4,6-8,10-11H2,(H,18,20). The topological polar surface area (TPSA) is 50.8 Å². The molecule has 6 heteroatoms. The van der Waals surface area contributed by atoms with Crippen molar-refractivity contribution in [3.05, 3.63) is 30.1 Å². The maximum absolute atomic E-state index is 13.3. The fraction of sp³-hybridized carbons (Fsp3) is 0.562. The minimum absolute atomic E-state index is 0.0510. The van der Waals surface area contributed by atoms with Gasteiger partial charge in [0.1, 0.15) is 5.82 Å². The van der Waals surface area contributed by atoms with Gasteiger partial charge in [-0.3, -0.25) is 4.79 Å². The summed E-state index contributed by atoms with van der Waals surface area (Å²) in [6, 6.07) is 6.62. The van der Waals surface area contributed by atoms with Crippen LogP contribution in [-0.4, -0.2) is 51.0 Å². The number of anilines is 1. The Morgan fingerprint density at radius 3 is 3.05 bits per heavy atom. The van der Waals surface area contributed by atoms with Crippen molar-refractivity contribution in [2.24, 2.45) is 0 Å². The molecule has 0 spiro atoms. The Labute approximate surface area is 129 Å². The molecule has 120 valence electrons. The number of benzene rings is 1. The number of nitrogens with zero attached hydrogens (tertiary/aromatic N) is 1. The maximum atomic E-state index is 13.3. The molecule has 1 N–H and O–H groups in total. The number of hydrogen-bond donors (Lipinski definition) is 1. The van der Waals surface area contributed by atoms with Crippen molar-refractivity contribution in [2.75, 3.05) is 37.8 Å². The summed E-state index contributed by atoms with van der Waals surface area (Å²) >= 11 is 0. The molecule has 2 fully saturated rings. The predicted octanol–water partition coefficient (Wildman–Crippen LogP) is 1.33. The molecule has 2 unspecified atom stereocenters. The number of carbonyl (C=O) groups is 1. The van der Waals surface area contributed by atoms with Gasteiger partial charge < -0.3 is 19.7 Å². The molecule has 2 heterocycles. The smallest absolute Gasteiger partial charge is 0.251 e. The Morgan fingerprint density at radius 2 is 2.27 bits per heavy atom. The van der Waals surface area contributed by atoms with Crippen molar-refractivity contribution in [1.82, 2.24) is 5.32 Å². The van der Waals surface area contributed by atoms with E-state index in [9.17, 15) is 9.18 Å². The van der Waals surface area contributed by atoms with Gasteiger partial charge in [-0.2, -0.15) is 0 Å². The SMILES string of the molecule is O=C(NC1CCCN(c2cccc(F)c2)C1)C1COCCO1. The molecule has 5 nitrogen and oxygen atoms in total. The van der Waals surface area contributed by atoms with E-state index in [1.54, 1.807) is 6.07 Å². The van der Waals surface area contributed by atoms with Gasteiger partial charge in [0.15, 0.2) is 6.10 Å². The van der Waals surface area contributed by atoms with Gasteiger partial charge in [0, 0.05) is 24.8 Å². The third kappa shape index (κ3) is 3.75. The normalized spacial score (nSPS) is 25.8. The van der Waals surface area contributed by atoms with E-state index in [2.05, 4.69) is 10.2 Å². The van der Waals surface area contributed by atoms with Crippen LogP contribution < -0.4 is 10.2 Å². The van der Waals surface area contributed by atoms with E-state index in [4.69, 9.17) is 9.47 Å². The molecule has 0 aliphatic carbocycles. The van der Waals surface area contributed by atoms with Gasteiger partial charge in [-0.25, -0.2) is 4.39 Å². The molecule has 1 aromatic carbocycles. The summed E-state index contributed by atoms with van der Waals surface area (Å²) in [5, 5.41) is 3.02. The Morgan fingerprint density at radius 1 is 1.36 bits per heavy atom. The Kier molecular flexibility index (Phi) is 4.90. The first-order chi connectivity index (χ1) is 10.7. The molecule has 0 bridgehead atoms. The summed E-state index contributed by atoms with van der Waals surface area (Å²) in [4.78, 5) is 14.3. The lowest BCUT2D eigenvalue weighted by Gasteiger charge is -2.35. The number of rotatable bonds is 3. The van der Waals surface area contributed by atoms with Crippen LogP contribution in [0.3, 0.4) is 0 Å². The fourth-order valence-electron chi connectivity index (χ4n) is 2.94. The highest BCUT2D eigenvalue weighted by molar-refractivity contribution is 5.81. The van der Waals surface area contributed by atoms with E-state index < -0.39 is 6.10 Å². The summed E-state index contributed by atoms with van der Waals surface area (Å²) in [6.07, 6.45) is 1.37. The van der Waals surface area contributed by atoms with Gasteiger partial charge in [0.2, 0.25) is 0 Å². The van der Waals surface area contributed by atoms with Crippen molar-refractivity contribution in [3.8, 4) is 0 Å². The molecular formula is C16H21FN2O3. The third-order valence-corrected chi connectivity index (χ3v) is 4.05. The number of piperidine rings is 1. The van der Waals surface area contributed by atoms with Crippen LogP contribution in [0.25, 0.3) is 0 Å². The van der Waals surface area contributed by atoms with Crippen molar-refractivity contribution < 1.29 is 18.7 Å². The van der Waals surface area contributed by atoms with Gasteiger partial charge in [-0.15, -0.1) is 0 Å². The minimum atomic E-state index is -0.515. The minimum Gasteiger partial charge on any atom is -0.376 e. The lowest BCUT2D eigenvalue weighted by atomic mass is 10.0. The third-order valence-electron chi connectivity index (χ3n) is 4.05. The molecule has 1 aromatic rings. The van der Waals surface area contributed by atoms with Gasteiger partial charge in [0.05, 0.1) is 19.8 Å². The molecule has 2 aliphatic rings. The summed E-state index contributed by atoms with van der Waals surface area (Å²) in [7, 11) is 0. The van der Waals surface area contributed by atoms with Gasteiger partial charge in [-0.1, -0.05) is 6.07 Å². The zero-order valence-corrected chi connectivity index (χ0v) is 12.5. The number of nitrogens with one attached hydrogen (secondary N) is 1. The summed E-state index contributed by atoms with van der Waals surface area (Å²) in [6.45, 7) is 2.87. The van der Waals surface area contributed by atoms with Crippen LogP contribution in [0.15, 0.2) is 24.3 Å². The van der Waals surface area contributed by atoms with Crippen LogP contribution in [0, 0.1) is 5.82 Å². The molecule has 2 atom stereocenters. The fourth-order valence-corrected chi connectivity index (χ4v) is 2.94. The zero-order valence-electron chi connectivity index (χ0n) is 12.5. The maximum Gasteiger partial charge on any atom is 0.251 e. The quantitative estimate of drug-likeness (QED) is 0.915. The van der Waals surface area contributed by atoms with Gasteiger partial charge in [0.25, 0.3) is 5.91 Å². The van der Waals surface area contributed by atoms with Gasteiger partial charge in [-0.05, 0) is 31.0 Å². The second-order valence-electron chi connectivity index (χ2n) is 5.71. The second-order valence-corrected chi connectivity index (χ2v) is 5.71.